The molecule has 3 nitrogen and oxygen atoms in total. The van der Waals surface area contributed by atoms with Crippen molar-refractivity contribution < 1.29 is 13.5 Å². The second-order valence-corrected chi connectivity index (χ2v) is 8.19. The minimum atomic E-state index is -0.498. The Hall–Kier alpha value is -2.79. The van der Waals surface area contributed by atoms with E-state index in [1.807, 2.05) is 31.2 Å². The van der Waals surface area contributed by atoms with Gasteiger partial charge in [0.05, 0.1) is 18.0 Å². The van der Waals surface area contributed by atoms with Crippen LogP contribution in [0.2, 0.25) is 0 Å². The number of fused-ring (bicyclic) bond motifs is 1. The van der Waals surface area contributed by atoms with E-state index in [9.17, 15) is 8.78 Å². The van der Waals surface area contributed by atoms with Gasteiger partial charge in [-0.15, -0.1) is 0 Å². The molecule has 1 heterocycles. The lowest BCUT2D eigenvalue weighted by Crippen LogP contribution is -2.28. The van der Waals surface area contributed by atoms with Gasteiger partial charge in [-0.05, 0) is 61.4 Å². The van der Waals surface area contributed by atoms with Crippen LogP contribution < -0.4 is 0 Å². The molecule has 156 valence electrons. The highest BCUT2D eigenvalue weighted by atomic mass is 19.1. The van der Waals surface area contributed by atoms with Gasteiger partial charge in [0.15, 0.2) is 0 Å². The zero-order chi connectivity index (χ0) is 21.3. The average molecular weight is 408 g/mol. The third-order valence-electron chi connectivity index (χ3n) is 6.08. The quantitative estimate of drug-likeness (QED) is 0.480. The SMILES string of the molecule is CCOC(C[C@@]1(C)Cc2cnn(-c3cc(F)ccc3F)c2C=C1C)c1ccccc1. The number of hydrogen-bond acceptors (Lipinski definition) is 2. The van der Waals surface area contributed by atoms with Crippen LogP contribution in [-0.2, 0) is 11.2 Å². The van der Waals surface area contributed by atoms with Crippen LogP contribution in [0.4, 0.5) is 8.78 Å². The van der Waals surface area contributed by atoms with Crippen LogP contribution in [0, 0.1) is 17.0 Å². The van der Waals surface area contributed by atoms with Crippen molar-refractivity contribution in [3.63, 3.8) is 0 Å². The van der Waals surface area contributed by atoms with Crippen molar-refractivity contribution in [2.24, 2.45) is 5.41 Å². The maximum absolute atomic E-state index is 14.3. The Balaban J connectivity index is 1.67. The Kier molecular flexibility index (Phi) is 5.56. The highest BCUT2D eigenvalue weighted by Gasteiger charge is 2.36. The van der Waals surface area contributed by atoms with E-state index in [4.69, 9.17) is 4.74 Å². The molecule has 2 aromatic carbocycles. The molecule has 0 spiro atoms. The van der Waals surface area contributed by atoms with Crippen LogP contribution in [0.1, 0.15) is 50.1 Å². The van der Waals surface area contributed by atoms with Crippen molar-refractivity contribution in [1.29, 1.82) is 0 Å². The van der Waals surface area contributed by atoms with Gasteiger partial charge in [-0.3, -0.25) is 0 Å². The van der Waals surface area contributed by atoms with Crippen LogP contribution in [0.3, 0.4) is 0 Å². The van der Waals surface area contributed by atoms with Gasteiger partial charge in [0.1, 0.15) is 17.3 Å². The van der Waals surface area contributed by atoms with Gasteiger partial charge in [-0.1, -0.05) is 42.8 Å². The lowest BCUT2D eigenvalue weighted by molar-refractivity contribution is 0.0324. The number of ether oxygens (including phenoxy) is 1. The number of aromatic nitrogens is 2. The minimum absolute atomic E-state index is 0.0122. The molecule has 0 radical (unpaired) electrons. The summed E-state index contributed by atoms with van der Waals surface area (Å²) in [5.41, 5.74) is 4.17. The summed E-state index contributed by atoms with van der Waals surface area (Å²) in [5, 5.41) is 4.38. The maximum atomic E-state index is 14.3. The fourth-order valence-electron chi connectivity index (χ4n) is 4.25. The van der Waals surface area contributed by atoms with Crippen molar-refractivity contribution in [2.75, 3.05) is 6.61 Å². The number of nitrogens with zero attached hydrogens (tertiary/aromatic N) is 2. The molecule has 4 rings (SSSR count). The lowest BCUT2D eigenvalue weighted by atomic mass is 9.70. The van der Waals surface area contributed by atoms with Gasteiger partial charge in [-0.2, -0.15) is 5.10 Å². The summed E-state index contributed by atoms with van der Waals surface area (Å²) in [7, 11) is 0. The van der Waals surface area contributed by atoms with E-state index in [-0.39, 0.29) is 17.2 Å². The highest BCUT2D eigenvalue weighted by Crippen LogP contribution is 2.45. The molecule has 0 N–H and O–H groups in total. The molecule has 0 saturated heterocycles. The van der Waals surface area contributed by atoms with Crippen molar-refractivity contribution in [2.45, 2.75) is 39.7 Å². The topological polar surface area (TPSA) is 27.1 Å². The van der Waals surface area contributed by atoms with Crippen LogP contribution in [0.25, 0.3) is 11.8 Å². The van der Waals surface area contributed by atoms with E-state index >= 15 is 0 Å². The summed E-state index contributed by atoms with van der Waals surface area (Å²) in [4.78, 5) is 0. The molecule has 30 heavy (non-hydrogen) atoms. The highest BCUT2D eigenvalue weighted by molar-refractivity contribution is 5.60. The first-order valence-corrected chi connectivity index (χ1v) is 10.3. The largest absolute Gasteiger partial charge is 0.374 e. The standard InChI is InChI=1S/C25H26F2N2O/c1-4-30-24(18-8-6-5-7-9-18)15-25(3)14-19-16-28-29(22(19)12-17(25)2)23-13-20(26)10-11-21(23)27/h5-13,16,24H,4,14-15H2,1-3H3/t24?,25-/m1/s1. The fraction of sp³-hybridized carbons (Fsp3) is 0.320. The third-order valence-corrected chi connectivity index (χ3v) is 6.08. The Morgan fingerprint density at radius 3 is 2.67 bits per heavy atom. The van der Waals surface area contributed by atoms with Crippen molar-refractivity contribution in [3.8, 4) is 5.69 Å². The average Bonchev–Trinajstić information content (AvgIpc) is 3.12. The van der Waals surface area contributed by atoms with Crippen molar-refractivity contribution in [1.82, 2.24) is 9.78 Å². The zero-order valence-corrected chi connectivity index (χ0v) is 17.5. The molecule has 1 unspecified atom stereocenters. The molecule has 0 fully saturated rings. The first-order valence-electron chi connectivity index (χ1n) is 10.3. The molecule has 0 bridgehead atoms. The summed E-state index contributed by atoms with van der Waals surface area (Å²) in [6.07, 6.45) is 5.38. The third kappa shape index (κ3) is 3.82. The van der Waals surface area contributed by atoms with Gasteiger partial charge >= 0.3 is 0 Å². The van der Waals surface area contributed by atoms with Gasteiger partial charge < -0.3 is 4.74 Å². The molecule has 3 aromatic rings. The van der Waals surface area contributed by atoms with E-state index in [2.05, 4.69) is 31.1 Å². The van der Waals surface area contributed by atoms with Gasteiger partial charge in [0, 0.05) is 12.7 Å². The zero-order valence-electron chi connectivity index (χ0n) is 17.5. The fourth-order valence-corrected chi connectivity index (χ4v) is 4.25. The minimum Gasteiger partial charge on any atom is -0.374 e. The van der Waals surface area contributed by atoms with E-state index < -0.39 is 11.6 Å². The van der Waals surface area contributed by atoms with Gasteiger partial charge in [-0.25, -0.2) is 13.5 Å². The van der Waals surface area contributed by atoms with Crippen molar-refractivity contribution in [3.05, 3.63) is 88.8 Å². The Labute approximate surface area is 176 Å². The monoisotopic (exact) mass is 408 g/mol. The molecule has 2 atom stereocenters. The first kappa shape index (κ1) is 20.5. The predicted octanol–water partition coefficient (Wildman–Crippen LogP) is 6.28. The number of hydrogen-bond donors (Lipinski definition) is 0. The number of halogens is 2. The van der Waals surface area contributed by atoms with Crippen LogP contribution in [-0.4, -0.2) is 16.4 Å². The van der Waals surface area contributed by atoms with Crippen LogP contribution in [0.15, 0.2) is 60.3 Å². The Morgan fingerprint density at radius 1 is 1.17 bits per heavy atom. The molecular weight excluding hydrogens is 382 g/mol. The van der Waals surface area contributed by atoms with E-state index in [0.717, 1.165) is 41.8 Å². The summed E-state index contributed by atoms with van der Waals surface area (Å²) in [6.45, 7) is 6.98. The van der Waals surface area contributed by atoms with Crippen LogP contribution in [0.5, 0.6) is 0 Å². The smallest absolute Gasteiger partial charge is 0.149 e. The molecular formula is C25H26F2N2O. The Bertz CT molecular complexity index is 1070. The van der Waals surface area contributed by atoms with Gasteiger partial charge in [0.2, 0.25) is 0 Å². The number of allylic oxidation sites excluding steroid dienone is 1. The number of rotatable bonds is 6. The lowest BCUT2D eigenvalue weighted by Gasteiger charge is -2.37. The molecule has 0 amide bonds. The van der Waals surface area contributed by atoms with E-state index in [1.54, 1.807) is 6.20 Å². The molecule has 5 heteroatoms. The maximum Gasteiger partial charge on any atom is 0.149 e. The molecule has 1 aliphatic carbocycles. The molecule has 1 aliphatic rings. The van der Waals surface area contributed by atoms with Crippen molar-refractivity contribution >= 4 is 6.08 Å². The van der Waals surface area contributed by atoms with E-state index in [0.29, 0.717) is 6.61 Å². The van der Waals surface area contributed by atoms with E-state index in [1.165, 1.54) is 16.3 Å². The van der Waals surface area contributed by atoms with Gasteiger partial charge in [0.25, 0.3) is 0 Å². The Morgan fingerprint density at radius 2 is 1.93 bits per heavy atom. The summed E-state index contributed by atoms with van der Waals surface area (Å²) in [6, 6.07) is 13.7. The second kappa shape index (κ2) is 8.15. The predicted molar refractivity (Wildman–Crippen MR) is 114 cm³/mol. The molecule has 1 aromatic heterocycles. The second-order valence-electron chi connectivity index (χ2n) is 8.19. The molecule has 0 aliphatic heterocycles. The number of benzene rings is 2. The first-order chi connectivity index (χ1) is 14.4. The normalized spacial score (nSPS) is 19.3. The van der Waals surface area contributed by atoms with Crippen LogP contribution >= 0.6 is 0 Å². The summed E-state index contributed by atoms with van der Waals surface area (Å²) >= 11 is 0. The summed E-state index contributed by atoms with van der Waals surface area (Å²) in [5.74, 6) is -0.985. The molecule has 0 saturated carbocycles. The summed E-state index contributed by atoms with van der Waals surface area (Å²) < 4.78 is 35.6.